The minimum Gasteiger partial charge on any atom is -0.478 e. The molecule has 0 radical (unpaired) electrons. The van der Waals surface area contributed by atoms with Gasteiger partial charge in [-0.3, -0.25) is 0 Å². The lowest BCUT2D eigenvalue weighted by Gasteiger charge is -2.06. The van der Waals surface area contributed by atoms with Crippen LogP contribution in [0.1, 0.15) is 31.8 Å². The van der Waals surface area contributed by atoms with Gasteiger partial charge in [0.25, 0.3) is 0 Å². The number of carbonyl (C=O) groups excluding carboxylic acids is 1. The van der Waals surface area contributed by atoms with Gasteiger partial charge in [-0.15, -0.1) is 0 Å². The van der Waals surface area contributed by atoms with E-state index in [1.54, 1.807) is 42.5 Å². The van der Waals surface area contributed by atoms with Gasteiger partial charge in [0.05, 0.1) is 31.4 Å². The predicted molar refractivity (Wildman–Crippen MR) is 191 cm³/mol. The van der Waals surface area contributed by atoms with Crippen molar-refractivity contribution in [3.05, 3.63) is 151 Å². The molecule has 2 heterocycles. The fraction of sp³-hybridized carbons (Fsp3) is 0.0857. The summed E-state index contributed by atoms with van der Waals surface area (Å²) < 4.78 is 8.54. The monoisotopic (exact) mass is 802 g/mol. The van der Waals surface area contributed by atoms with Crippen molar-refractivity contribution in [1.29, 1.82) is 0 Å². The summed E-state index contributed by atoms with van der Waals surface area (Å²) in [6, 6.07) is 25.3. The minimum absolute atomic E-state index is 0.281. The van der Waals surface area contributed by atoms with Crippen LogP contribution in [0.3, 0.4) is 0 Å². The van der Waals surface area contributed by atoms with Crippen molar-refractivity contribution in [1.82, 2.24) is 9.55 Å². The number of carboxylic acid groups (broad SMARTS) is 1. The van der Waals surface area contributed by atoms with Crippen LogP contribution in [0.15, 0.2) is 106 Å². The molecule has 8 nitrogen and oxygen atoms in total. The molecule has 0 amide bonds. The number of carbonyl (C=O) groups is 2. The molecule has 0 aliphatic carbocycles. The van der Waals surface area contributed by atoms with Crippen molar-refractivity contribution in [3.8, 4) is 0 Å². The van der Waals surface area contributed by atoms with Crippen molar-refractivity contribution in [2.24, 2.45) is 0 Å². The Hall–Kier alpha value is -4.68. The first-order valence-corrected chi connectivity index (χ1v) is 16.2. The summed E-state index contributed by atoms with van der Waals surface area (Å²) >= 11 is 10.2. The van der Waals surface area contributed by atoms with Crippen LogP contribution in [0.25, 0.3) is 31.5 Å². The van der Waals surface area contributed by atoms with Crippen LogP contribution in [-0.4, -0.2) is 33.7 Å². The van der Waals surface area contributed by atoms with Gasteiger partial charge in [-0.05, 0) is 91.5 Å². The molecule has 0 aliphatic heterocycles. The van der Waals surface area contributed by atoms with E-state index in [4.69, 9.17) is 18.3 Å². The number of hydrogen-bond donors (Lipinski definition) is 2. The van der Waals surface area contributed by atoms with E-state index in [1.807, 2.05) is 59.4 Å². The SMILES string of the molecule is COC(=O)c1cccc(CBr)c1.[C-]#[N+]c1ccc2[nH]cc(Br)c2c1.[C-]#[N+]c1ccc2c(c1)c(Br)cn2Cc1cccc(C(=O)O)c1. The average Bonchev–Trinajstić information content (AvgIpc) is 3.62. The number of ether oxygens (including phenoxy) is 1. The van der Waals surface area contributed by atoms with Gasteiger partial charge in [0.1, 0.15) is 0 Å². The number of esters is 1. The third kappa shape index (κ3) is 8.52. The Labute approximate surface area is 290 Å². The minimum atomic E-state index is -0.929. The molecule has 0 atom stereocenters. The molecule has 0 fully saturated rings. The molecule has 46 heavy (non-hydrogen) atoms. The number of aromatic carboxylic acids is 1. The van der Waals surface area contributed by atoms with E-state index in [2.05, 4.69) is 67.2 Å². The lowest BCUT2D eigenvalue weighted by Crippen LogP contribution is -2.01. The Balaban J connectivity index is 0.000000170. The average molecular weight is 805 g/mol. The van der Waals surface area contributed by atoms with Crippen LogP contribution in [0, 0.1) is 13.1 Å². The molecule has 230 valence electrons. The summed E-state index contributed by atoms with van der Waals surface area (Å²) in [7, 11) is 1.38. The predicted octanol–water partition coefficient (Wildman–Crippen LogP) is 10.6. The molecule has 0 bridgehead atoms. The standard InChI is InChI=1S/C17H11BrN2O2.C9H5BrN2.C9H9BrO2/c1-19-13-5-6-16-14(8-13)15(18)10-20(16)9-11-3-2-4-12(7-11)17(21)22;1-11-6-2-3-9-7(4-6)8(10)5-12-9;1-12-9(11)8-4-2-3-7(5-8)6-10/h2-8,10H,9H2,(H,21,22);2-5,12H;2-5H,6H2,1H3. The summed E-state index contributed by atoms with van der Waals surface area (Å²) in [6.07, 6.45) is 3.82. The Morgan fingerprint density at radius 3 is 2.13 bits per heavy atom. The third-order valence-electron chi connectivity index (χ3n) is 6.72. The van der Waals surface area contributed by atoms with Crippen molar-refractivity contribution < 1.29 is 19.4 Å². The number of benzene rings is 4. The Bertz CT molecular complexity index is 2120. The first-order chi connectivity index (χ1) is 22.2. The fourth-order valence-electron chi connectivity index (χ4n) is 4.48. The lowest BCUT2D eigenvalue weighted by molar-refractivity contribution is 0.0599. The van der Waals surface area contributed by atoms with Gasteiger partial charge >= 0.3 is 11.9 Å². The maximum Gasteiger partial charge on any atom is 0.337 e. The fourth-order valence-corrected chi connectivity index (χ4v) is 5.84. The molecular weight excluding hydrogens is 780 g/mol. The zero-order chi connectivity index (χ0) is 33.2. The van der Waals surface area contributed by atoms with Crippen LogP contribution < -0.4 is 0 Å². The second kappa shape index (κ2) is 16.1. The summed E-state index contributed by atoms with van der Waals surface area (Å²) in [5.41, 5.74) is 6.17. The summed E-state index contributed by atoms with van der Waals surface area (Å²) in [5, 5.41) is 11.8. The zero-order valence-corrected chi connectivity index (χ0v) is 29.1. The van der Waals surface area contributed by atoms with Gasteiger partial charge < -0.3 is 19.4 Å². The molecule has 0 aliphatic rings. The lowest BCUT2D eigenvalue weighted by atomic mass is 10.1. The molecule has 2 aromatic heterocycles. The largest absolute Gasteiger partial charge is 0.478 e. The van der Waals surface area contributed by atoms with Crippen molar-refractivity contribution >= 4 is 92.9 Å². The molecule has 6 aromatic rings. The Kier molecular flexibility index (Phi) is 11.9. The van der Waals surface area contributed by atoms with Gasteiger partial charge in [0, 0.05) is 55.0 Å². The maximum atomic E-state index is 11.1. The van der Waals surface area contributed by atoms with Crippen LogP contribution >= 0.6 is 47.8 Å². The van der Waals surface area contributed by atoms with Crippen LogP contribution in [0.5, 0.6) is 0 Å². The number of aromatic amines is 1. The smallest absolute Gasteiger partial charge is 0.337 e. The number of hydrogen-bond acceptors (Lipinski definition) is 3. The highest BCUT2D eigenvalue weighted by Gasteiger charge is 2.10. The number of nitrogens with one attached hydrogen (secondary N) is 1. The number of fused-ring (bicyclic) bond motifs is 2. The second-order valence-electron chi connectivity index (χ2n) is 9.73. The molecule has 11 heteroatoms. The molecule has 0 saturated carbocycles. The molecule has 0 saturated heterocycles. The second-order valence-corrected chi connectivity index (χ2v) is 12.0. The Morgan fingerprint density at radius 1 is 0.848 bits per heavy atom. The van der Waals surface area contributed by atoms with Crippen molar-refractivity contribution in [3.63, 3.8) is 0 Å². The van der Waals surface area contributed by atoms with Gasteiger partial charge in [0.15, 0.2) is 11.4 Å². The first kappa shape index (κ1) is 34.2. The van der Waals surface area contributed by atoms with Gasteiger partial charge in [-0.1, -0.05) is 52.3 Å². The van der Waals surface area contributed by atoms with E-state index in [1.165, 1.54) is 7.11 Å². The van der Waals surface area contributed by atoms with Crippen molar-refractivity contribution in [2.75, 3.05) is 7.11 Å². The number of methoxy groups -OCH3 is 1. The van der Waals surface area contributed by atoms with Crippen molar-refractivity contribution in [2.45, 2.75) is 11.9 Å². The van der Waals surface area contributed by atoms with Gasteiger partial charge in [0.2, 0.25) is 0 Å². The van der Waals surface area contributed by atoms with Gasteiger partial charge in [-0.2, -0.15) is 0 Å². The van der Waals surface area contributed by atoms with E-state index in [0.29, 0.717) is 23.5 Å². The van der Waals surface area contributed by atoms with E-state index in [0.717, 1.165) is 47.2 Å². The van der Waals surface area contributed by atoms with E-state index in [9.17, 15) is 9.59 Å². The van der Waals surface area contributed by atoms with Gasteiger partial charge in [-0.25, -0.2) is 19.3 Å². The topological polar surface area (TPSA) is 93.0 Å². The first-order valence-electron chi connectivity index (χ1n) is 13.5. The van der Waals surface area contributed by atoms with Crippen LogP contribution in [-0.2, 0) is 16.6 Å². The quantitative estimate of drug-likeness (QED) is 0.103. The molecular formula is C35H25Br3N4O4. The number of aromatic nitrogens is 2. The number of rotatable bonds is 5. The molecule has 2 N–H and O–H groups in total. The molecule has 0 spiro atoms. The highest BCUT2D eigenvalue weighted by Crippen LogP contribution is 2.31. The number of nitrogens with zero attached hydrogens (tertiary/aromatic N) is 3. The number of H-pyrrole nitrogens is 1. The van der Waals surface area contributed by atoms with E-state index < -0.39 is 5.97 Å². The van der Waals surface area contributed by atoms with E-state index in [-0.39, 0.29) is 11.5 Å². The maximum absolute atomic E-state index is 11.1. The summed E-state index contributed by atoms with van der Waals surface area (Å²) in [6.45, 7) is 14.5. The highest BCUT2D eigenvalue weighted by molar-refractivity contribution is 9.11. The number of carboxylic acids is 1. The third-order valence-corrected chi connectivity index (χ3v) is 8.65. The summed E-state index contributed by atoms with van der Waals surface area (Å²) in [4.78, 5) is 32.0. The van der Waals surface area contributed by atoms with Crippen LogP contribution in [0.2, 0.25) is 0 Å². The number of halogens is 3. The number of alkyl halides is 1. The van der Waals surface area contributed by atoms with Crippen LogP contribution in [0.4, 0.5) is 11.4 Å². The summed E-state index contributed by atoms with van der Waals surface area (Å²) in [5.74, 6) is -1.22. The highest BCUT2D eigenvalue weighted by atomic mass is 79.9. The Morgan fingerprint density at radius 2 is 1.48 bits per heavy atom. The molecule has 0 unspecified atom stereocenters. The molecule has 4 aromatic carbocycles. The van der Waals surface area contributed by atoms with E-state index >= 15 is 0 Å². The zero-order valence-electron chi connectivity index (χ0n) is 24.3. The normalized spacial score (nSPS) is 10.1. The molecule has 6 rings (SSSR count).